The fourth-order valence-corrected chi connectivity index (χ4v) is 2.09. The van der Waals surface area contributed by atoms with Crippen LogP contribution in [0.2, 0.25) is 0 Å². The van der Waals surface area contributed by atoms with Gasteiger partial charge in [0.1, 0.15) is 6.04 Å². The lowest BCUT2D eigenvalue weighted by atomic mass is 10.2. The molecule has 2 atom stereocenters. The molecule has 2 amide bonds. The highest BCUT2D eigenvalue weighted by atomic mass is 32.2. The number of carbonyl (C=O) groups excluding carboxylic acids is 1. The molecule has 1 fully saturated rings. The number of ether oxygens (including phenoxy) is 1. The maximum absolute atomic E-state index is 11.8. The Hall–Kier alpha value is -0.950. The molecule has 2 N–H and O–H groups in total. The smallest absolute Gasteiger partial charge is 0.326 e. The molecule has 0 saturated carbocycles. The maximum atomic E-state index is 11.8. The molecule has 98 valence electrons. The first kappa shape index (κ1) is 14.1. The fraction of sp³-hybridized carbons (Fsp3) is 0.800. The van der Waals surface area contributed by atoms with E-state index in [9.17, 15) is 9.59 Å². The van der Waals surface area contributed by atoms with Crippen LogP contribution in [0.25, 0.3) is 0 Å². The van der Waals surface area contributed by atoms with E-state index in [2.05, 4.69) is 5.32 Å². The minimum Gasteiger partial charge on any atom is -0.480 e. The summed E-state index contributed by atoms with van der Waals surface area (Å²) in [4.78, 5) is 24.1. The highest BCUT2D eigenvalue weighted by Gasteiger charge is 2.39. The van der Waals surface area contributed by atoms with Crippen LogP contribution < -0.4 is 5.32 Å². The molecule has 0 radical (unpaired) electrons. The van der Waals surface area contributed by atoms with Gasteiger partial charge >= 0.3 is 12.0 Å². The Kier molecular flexibility index (Phi) is 5.57. The number of thioether (sulfide) groups is 1. The predicted octanol–water partition coefficient (Wildman–Crippen LogP) is 0.233. The molecule has 0 spiro atoms. The number of methoxy groups -OCH3 is 1. The van der Waals surface area contributed by atoms with Gasteiger partial charge in [0.2, 0.25) is 0 Å². The van der Waals surface area contributed by atoms with Gasteiger partial charge in [-0.2, -0.15) is 11.8 Å². The SMILES string of the molecule is COC1CC(C(=O)O)N(C(=O)NCCSC)C1. The zero-order chi connectivity index (χ0) is 12.8. The average Bonchev–Trinajstić information content (AvgIpc) is 2.73. The number of rotatable bonds is 5. The van der Waals surface area contributed by atoms with Gasteiger partial charge in [-0.1, -0.05) is 0 Å². The quantitative estimate of drug-likeness (QED) is 0.694. The van der Waals surface area contributed by atoms with Crippen molar-refractivity contribution < 1.29 is 19.4 Å². The fourth-order valence-electron chi connectivity index (χ4n) is 1.79. The number of hydrogen-bond donors (Lipinski definition) is 2. The van der Waals surface area contributed by atoms with Gasteiger partial charge in [0, 0.05) is 32.4 Å². The first-order valence-corrected chi connectivity index (χ1v) is 6.78. The molecule has 17 heavy (non-hydrogen) atoms. The molecule has 0 aromatic rings. The standard InChI is InChI=1S/C10H18N2O4S/c1-16-7-5-8(9(13)14)12(6-7)10(15)11-3-4-17-2/h7-8H,3-6H2,1-2H3,(H,11,15)(H,13,14). The zero-order valence-corrected chi connectivity index (χ0v) is 10.8. The van der Waals surface area contributed by atoms with Crippen LogP contribution in [-0.4, -0.2) is 66.4 Å². The van der Waals surface area contributed by atoms with E-state index >= 15 is 0 Å². The lowest BCUT2D eigenvalue weighted by molar-refractivity contribution is -0.141. The Morgan fingerprint density at radius 2 is 2.29 bits per heavy atom. The Bertz CT molecular complexity index is 287. The summed E-state index contributed by atoms with van der Waals surface area (Å²) in [5, 5.41) is 11.7. The van der Waals surface area contributed by atoms with Crippen molar-refractivity contribution in [2.75, 3.05) is 32.2 Å². The van der Waals surface area contributed by atoms with Gasteiger partial charge in [-0.3, -0.25) is 0 Å². The molecule has 1 saturated heterocycles. The van der Waals surface area contributed by atoms with Crippen LogP contribution >= 0.6 is 11.8 Å². The van der Waals surface area contributed by atoms with Gasteiger partial charge in [0.25, 0.3) is 0 Å². The number of carboxylic acid groups (broad SMARTS) is 1. The van der Waals surface area contributed by atoms with Crippen molar-refractivity contribution in [1.82, 2.24) is 10.2 Å². The maximum Gasteiger partial charge on any atom is 0.326 e. The molecule has 6 nitrogen and oxygen atoms in total. The van der Waals surface area contributed by atoms with E-state index in [0.717, 1.165) is 5.75 Å². The summed E-state index contributed by atoms with van der Waals surface area (Å²) in [6, 6.07) is -1.11. The first-order chi connectivity index (χ1) is 8.10. The van der Waals surface area contributed by atoms with E-state index in [0.29, 0.717) is 19.5 Å². The number of carbonyl (C=O) groups is 2. The van der Waals surface area contributed by atoms with Gasteiger partial charge in [-0.15, -0.1) is 0 Å². The zero-order valence-electron chi connectivity index (χ0n) is 10.0. The van der Waals surface area contributed by atoms with Crippen LogP contribution in [-0.2, 0) is 9.53 Å². The van der Waals surface area contributed by atoms with Crippen molar-refractivity contribution in [2.45, 2.75) is 18.6 Å². The van der Waals surface area contributed by atoms with Crippen molar-refractivity contribution >= 4 is 23.8 Å². The average molecular weight is 262 g/mol. The third-order valence-corrected chi connectivity index (χ3v) is 3.34. The van der Waals surface area contributed by atoms with E-state index in [1.165, 1.54) is 12.0 Å². The molecule has 0 aromatic carbocycles. The molecule has 0 aromatic heterocycles. The van der Waals surface area contributed by atoms with Crippen molar-refractivity contribution in [3.05, 3.63) is 0 Å². The molecule has 2 unspecified atom stereocenters. The van der Waals surface area contributed by atoms with E-state index in [1.807, 2.05) is 6.26 Å². The number of likely N-dealkylation sites (tertiary alicyclic amines) is 1. The topological polar surface area (TPSA) is 78.9 Å². The molecule has 1 heterocycles. The monoisotopic (exact) mass is 262 g/mol. The molecule has 1 aliphatic rings. The van der Waals surface area contributed by atoms with Crippen LogP contribution in [0.1, 0.15) is 6.42 Å². The summed E-state index contributed by atoms with van der Waals surface area (Å²) in [5.74, 6) is -0.171. The number of hydrogen-bond acceptors (Lipinski definition) is 4. The van der Waals surface area contributed by atoms with Gasteiger partial charge in [-0.25, -0.2) is 9.59 Å². The number of urea groups is 1. The summed E-state index contributed by atoms with van der Waals surface area (Å²) < 4.78 is 5.11. The summed E-state index contributed by atoms with van der Waals surface area (Å²) in [6.45, 7) is 0.874. The van der Waals surface area contributed by atoms with Crippen LogP contribution in [0.15, 0.2) is 0 Å². The summed E-state index contributed by atoms with van der Waals surface area (Å²) >= 11 is 1.62. The van der Waals surface area contributed by atoms with Crippen molar-refractivity contribution in [2.24, 2.45) is 0 Å². The van der Waals surface area contributed by atoms with E-state index in [4.69, 9.17) is 9.84 Å². The van der Waals surface area contributed by atoms with Gasteiger partial charge in [0.15, 0.2) is 0 Å². The molecular formula is C10H18N2O4S. The second-order valence-electron chi connectivity index (χ2n) is 3.82. The Morgan fingerprint density at radius 1 is 1.59 bits per heavy atom. The van der Waals surface area contributed by atoms with Gasteiger partial charge in [0.05, 0.1) is 6.10 Å². The number of nitrogens with one attached hydrogen (secondary N) is 1. The highest BCUT2D eigenvalue weighted by Crippen LogP contribution is 2.20. The number of aliphatic carboxylic acids is 1. The van der Waals surface area contributed by atoms with Crippen molar-refractivity contribution in [3.8, 4) is 0 Å². The molecule has 1 rings (SSSR count). The first-order valence-electron chi connectivity index (χ1n) is 5.39. The molecule has 1 aliphatic heterocycles. The normalized spacial score (nSPS) is 23.8. The minimum absolute atomic E-state index is 0.192. The summed E-state index contributed by atoms with van der Waals surface area (Å²) in [7, 11) is 1.53. The van der Waals surface area contributed by atoms with Crippen molar-refractivity contribution in [1.29, 1.82) is 0 Å². The Balaban J connectivity index is 2.54. The van der Waals surface area contributed by atoms with Crippen molar-refractivity contribution in [3.63, 3.8) is 0 Å². The predicted molar refractivity (Wildman–Crippen MR) is 65.3 cm³/mol. The van der Waals surface area contributed by atoms with E-state index in [-0.39, 0.29) is 12.1 Å². The largest absolute Gasteiger partial charge is 0.480 e. The van der Waals surface area contributed by atoms with Gasteiger partial charge < -0.3 is 20.1 Å². The molecule has 0 aliphatic carbocycles. The van der Waals surface area contributed by atoms with E-state index < -0.39 is 12.0 Å². The number of carboxylic acids is 1. The highest BCUT2D eigenvalue weighted by molar-refractivity contribution is 7.98. The summed E-state index contributed by atoms with van der Waals surface area (Å²) in [5.41, 5.74) is 0. The molecule has 7 heteroatoms. The minimum atomic E-state index is -0.982. The number of nitrogens with zero attached hydrogens (tertiary/aromatic N) is 1. The molecule has 0 bridgehead atoms. The van der Waals surface area contributed by atoms with Crippen LogP contribution in [0, 0.1) is 0 Å². The summed E-state index contributed by atoms with van der Waals surface area (Å²) in [6.07, 6.45) is 2.10. The molecular weight excluding hydrogens is 244 g/mol. The lowest BCUT2D eigenvalue weighted by Crippen LogP contribution is -2.46. The van der Waals surface area contributed by atoms with Crippen LogP contribution in [0.3, 0.4) is 0 Å². The third-order valence-electron chi connectivity index (χ3n) is 2.72. The van der Waals surface area contributed by atoms with Crippen LogP contribution in [0.5, 0.6) is 0 Å². The van der Waals surface area contributed by atoms with Crippen LogP contribution in [0.4, 0.5) is 4.79 Å². The second kappa shape index (κ2) is 6.70. The lowest BCUT2D eigenvalue weighted by Gasteiger charge is -2.21. The third kappa shape index (κ3) is 3.78. The Labute approximate surface area is 105 Å². The van der Waals surface area contributed by atoms with E-state index in [1.54, 1.807) is 11.8 Å². The van der Waals surface area contributed by atoms with Gasteiger partial charge in [-0.05, 0) is 6.26 Å². The Morgan fingerprint density at radius 3 is 2.82 bits per heavy atom. The second-order valence-corrected chi connectivity index (χ2v) is 4.81. The number of amides is 2.